The zero-order valence-corrected chi connectivity index (χ0v) is 9.38. The van der Waals surface area contributed by atoms with E-state index >= 15 is 0 Å². The van der Waals surface area contributed by atoms with Gasteiger partial charge >= 0.3 is 0 Å². The van der Waals surface area contributed by atoms with E-state index < -0.39 is 0 Å². The predicted molar refractivity (Wildman–Crippen MR) is 61.3 cm³/mol. The van der Waals surface area contributed by atoms with Crippen LogP contribution in [0.2, 0.25) is 0 Å². The molecule has 1 saturated heterocycles. The highest BCUT2D eigenvalue weighted by Crippen LogP contribution is 2.34. The Morgan fingerprint density at radius 1 is 1.07 bits per heavy atom. The Morgan fingerprint density at radius 2 is 1.80 bits per heavy atom. The highest BCUT2D eigenvalue weighted by atomic mass is 16.5. The lowest BCUT2D eigenvalue weighted by Crippen LogP contribution is -2.43. The third-order valence-electron chi connectivity index (χ3n) is 3.89. The smallest absolute Gasteiger partial charge is 0.0582 e. The van der Waals surface area contributed by atoms with Crippen LogP contribution in [0.15, 0.2) is 18.2 Å². The molecule has 1 aliphatic carbocycles. The van der Waals surface area contributed by atoms with Crippen molar-refractivity contribution in [3.8, 4) is 0 Å². The average molecular weight is 202 g/mol. The first-order valence-electron chi connectivity index (χ1n) is 5.98. The quantitative estimate of drug-likeness (QED) is 0.680. The Hall–Kier alpha value is -0.820. The number of benzene rings is 1. The molecule has 1 heterocycles. The molecule has 1 aromatic rings. The van der Waals surface area contributed by atoms with Gasteiger partial charge in [0.25, 0.3) is 0 Å². The summed E-state index contributed by atoms with van der Waals surface area (Å²) in [5.74, 6) is 0. The second kappa shape index (κ2) is 3.34. The Bertz CT molecular complexity index is 377. The molecule has 15 heavy (non-hydrogen) atoms. The van der Waals surface area contributed by atoms with Gasteiger partial charge in [-0.25, -0.2) is 0 Å². The summed E-state index contributed by atoms with van der Waals surface area (Å²) < 4.78 is 5.34. The van der Waals surface area contributed by atoms with E-state index in [-0.39, 0.29) is 0 Å². The SMILES string of the molecule is CC1(c2ccc3c(c2)CCCC3)COC1. The fourth-order valence-corrected chi connectivity index (χ4v) is 2.68. The number of aryl methyl sites for hydroxylation is 2. The van der Waals surface area contributed by atoms with Crippen LogP contribution in [0.1, 0.15) is 36.5 Å². The summed E-state index contributed by atoms with van der Waals surface area (Å²) in [5.41, 5.74) is 4.95. The first-order valence-corrected chi connectivity index (χ1v) is 5.98. The molecule has 0 atom stereocenters. The maximum absolute atomic E-state index is 5.34. The van der Waals surface area contributed by atoms with Crippen molar-refractivity contribution < 1.29 is 4.74 Å². The van der Waals surface area contributed by atoms with E-state index in [1.54, 1.807) is 11.1 Å². The summed E-state index contributed by atoms with van der Waals surface area (Å²) in [5, 5.41) is 0. The van der Waals surface area contributed by atoms with Crippen LogP contribution in [-0.4, -0.2) is 13.2 Å². The van der Waals surface area contributed by atoms with E-state index in [9.17, 15) is 0 Å². The van der Waals surface area contributed by atoms with Crippen molar-refractivity contribution in [2.45, 2.75) is 38.0 Å². The molecule has 0 unspecified atom stereocenters. The summed E-state index contributed by atoms with van der Waals surface area (Å²) in [6.45, 7) is 4.10. The highest BCUT2D eigenvalue weighted by molar-refractivity contribution is 5.38. The molecule has 0 aromatic heterocycles. The monoisotopic (exact) mass is 202 g/mol. The topological polar surface area (TPSA) is 9.23 Å². The number of rotatable bonds is 1. The van der Waals surface area contributed by atoms with Crippen LogP contribution in [0, 0.1) is 0 Å². The van der Waals surface area contributed by atoms with Crippen molar-refractivity contribution in [2.75, 3.05) is 13.2 Å². The van der Waals surface area contributed by atoms with Gasteiger partial charge < -0.3 is 4.74 Å². The van der Waals surface area contributed by atoms with Gasteiger partial charge in [-0.2, -0.15) is 0 Å². The van der Waals surface area contributed by atoms with E-state index in [2.05, 4.69) is 25.1 Å². The van der Waals surface area contributed by atoms with Gasteiger partial charge in [0.05, 0.1) is 13.2 Å². The normalized spacial score (nSPS) is 23.0. The third kappa shape index (κ3) is 1.50. The molecular weight excluding hydrogens is 184 g/mol. The molecule has 1 aliphatic heterocycles. The van der Waals surface area contributed by atoms with Crippen LogP contribution in [-0.2, 0) is 23.0 Å². The van der Waals surface area contributed by atoms with Crippen molar-refractivity contribution in [3.63, 3.8) is 0 Å². The first-order chi connectivity index (χ1) is 7.28. The van der Waals surface area contributed by atoms with Crippen LogP contribution in [0.3, 0.4) is 0 Å². The second-order valence-corrected chi connectivity index (χ2v) is 5.24. The largest absolute Gasteiger partial charge is 0.379 e. The van der Waals surface area contributed by atoms with Crippen molar-refractivity contribution in [3.05, 3.63) is 34.9 Å². The lowest BCUT2D eigenvalue weighted by Gasteiger charge is -2.39. The fraction of sp³-hybridized carbons (Fsp3) is 0.571. The summed E-state index contributed by atoms with van der Waals surface area (Å²) >= 11 is 0. The van der Waals surface area contributed by atoms with Crippen molar-refractivity contribution in [1.82, 2.24) is 0 Å². The average Bonchev–Trinajstić information content (AvgIpc) is 2.25. The molecule has 0 bridgehead atoms. The Kier molecular flexibility index (Phi) is 2.10. The fourth-order valence-electron chi connectivity index (χ4n) is 2.68. The van der Waals surface area contributed by atoms with E-state index in [1.165, 1.54) is 31.2 Å². The molecule has 1 heteroatoms. The molecule has 1 nitrogen and oxygen atoms in total. The van der Waals surface area contributed by atoms with Gasteiger partial charge in [-0.15, -0.1) is 0 Å². The summed E-state index contributed by atoms with van der Waals surface area (Å²) in [7, 11) is 0. The maximum Gasteiger partial charge on any atom is 0.0582 e. The van der Waals surface area contributed by atoms with Gasteiger partial charge in [0.1, 0.15) is 0 Å². The predicted octanol–water partition coefficient (Wildman–Crippen LogP) is 2.85. The van der Waals surface area contributed by atoms with E-state index in [4.69, 9.17) is 4.74 Å². The summed E-state index contributed by atoms with van der Waals surface area (Å²) in [4.78, 5) is 0. The van der Waals surface area contributed by atoms with Gasteiger partial charge in [-0.3, -0.25) is 0 Å². The number of fused-ring (bicyclic) bond motifs is 1. The highest BCUT2D eigenvalue weighted by Gasteiger charge is 2.35. The molecule has 3 rings (SSSR count). The number of hydrogen-bond acceptors (Lipinski definition) is 1. The molecule has 0 spiro atoms. The van der Waals surface area contributed by atoms with Crippen molar-refractivity contribution in [1.29, 1.82) is 0 Å². The lowest BCUT2D eigenvalue weighted by atomic mass is 9.78. The maximum atomic E-state index is 5.34. The molecule has 2 aliphatic rings. The zero-order chi connectivity index (χ0) is 10.3. The lowest BCUT2D eigenvalue weighted by molar-refractivity contribution is -0.0500. The van der Waals surface area contributed by atoms with Crippen LogP contribution in [0.4, 0.5) is 0 Å². The molecule has 1 fully saturated rings. The van der Waals surface area contributed by atoms with E-state index in [0.29, 0.717) is 5.41 Å². The molecule has 0 N–H and O–H groups in total. The zero-order valence-electron chi connectivity index (χ0n) is 9.38. The molecule has 0 saturated carbocycles. The molecule has 0 radical (unpaired) electrons. The number of ether oxygens (including phenoxy) is 1. The Labute approximate surface area is 91.5 Å². The van der Waals surface area contributed by atoms with Crippen LogP contribution in [0.25, 0.3) is 0 Å². The third-order valence-corrected chi connectivity index (χ3v) is 3.89. The standard InChI is InChI=1S/C14H18O/c1-14(9-15-10-14)13-7-6-11-4-2-3-5-12(11)8-13/h6-8H,2-5,9-10H2,1H3. The van der Waals surface area contributed by atoms with Crippen molar-refractivity contribution >= 4 is 0 Å². The van der Waals surface area contributed by atoms with Gasteiger partial charge in [-0.1, -0.05) is 25.1 Å². The van der Waals surface area contributed by atoms with Crippen molar-refractivity contribution in [2.24, 2.45) is 0 Å². The minimum atomic E-state index is 0.298. The first kappa shape index (κ1) is 9.41. The van der Waals surface area contributed by atoms with Crippen LogP contribution < -0.4 is 0 Å². The summed E-state index contributed by atoms with van der Waals surface area (Å²) in [6.07, 6.45) is 5.29. The molecular formula is C14H18O. The minimum Gasteiger partial charge on any atom is -0.379 e. The Balaban J connectivity index is 1.97. The summed E-state index contributed by atoms with van der Waals surface area (Å²) in [6, 6.07) is 7.08. The molecule has 80 valence electrons. The van der Waals surface area contributed by atoms with E-state index in [1.807, 2.05) is 0 Å². The minimum absolute atomic E-state index is 0.298. The molecule has 0 amide bonds. The van der Waals surface area contributed by atoms with Gasteiger partial charge in [0, 0.05) is 5.41 Å². The molecule has 1 aromatic carbocycles. The van der Waals surface area contributed by atoms with E-state index in [0.717, 1.165) is 13.2 Å². The van der Waals surface area contributed by atoms with Gasteiger partial charge in [0.15, 0.2) is 0 Å². The van der Waals surface area contributed by atoms with Gasteiger partial charge in [-0.05, 0) is 42.4 Å². The van der Waals surface area contributed by atoms with Crippen LogP contribution >= 0.6 is 0 Å². The van der Waals surface area contributed by atoms with Gasteiger partial charge in [0.2, 0.25) is 0 Å². The van der Waals surface area contributed by atoms with Crippen LogP contribution in [0.5, 0.6) is 0 Å². The number of hydrogen-bond donors (Lipinski definition) is 0. The second-order valence-electron chi connectivity index (χ2n) is 5.24. The Morgan fingerprint density at radius 3 is 2.47 bits per heavy atom.